The van der Waals surface area contributed by atoms with Crippen LogP contribution in [-0.4, -0.2) is 59.6 Å². The lowest BCUT2D eigenvalue weighted by molar-refractivity contribution is -0.132. The van der Waals surface area contributed by atoms with Gasteiger partial charge in [0.2, 0.25) is 5.91 Å². The third-order valence-electron chi connectivity index (χ3n) is 5.52. The van der Waals surface area contributed by atoms with Crippen LogP contribution in [0.2, 0.25) is 0 Å². The van der Waals surface area contributed by atoms with Crippen LogP contribution in [0.25, 0.3) is 0 Å². The quantitative estimate of drug-likeness (QED) is 0.795. The Balaban J connectivity index is 2.10. The van der Waals surface area contributed by atoms with Crippen LogP contribution >= 0.6 is 0 Å². The Labute approximate surface area is 146 Å². The predicted octanol–water partition coefficient (Wildman–Crippen LogP) is 2.42. The van der Waals surface area contributed by atoms with E-state index in [2.05, 4.69) is 25.7 Å². The number of aliphatic hydroxyl groups is 1. The molecular formula is C20H32N2O2. The molecule has 3 atom stereocenters. The van der Waals surface area contributed by atoms with E-state index in [-0.39, 0.29) is 18.6 Å². The van der Waals surface area contributed by atoms with Crippen molar-refractivity contribution in [3.63, 3.8) is 0 Å². The predicted molar refractivity (Wildman–Crippen MR) is 97.8 cm³/mol. The van der Waals surface area contributed by atoms with Crippen molar-refractivity contribution in [3.8, 4) is 0 Å². The van der Waals surface area contributed by atoms with Gasteiger partial charge in [0.15, 0.2) is 0 Å². The number of carbonyl (C=O) groups is 1. The second-order valence-corrected chi connectivity index (χ2v) is 6.78. The fourth-order valence-corrected chi connectivity index (χ4v) is 3.94. The Hall–Kier alpha value is -1.39. The summed E-state index contributed by atoms with van der Waals surface area (Å²) in [5.41, 5.74) is 1.04. The first kappa shape index (κ1) is 18.9. The number of likely N-dealkylation sites (tertiary alicyclic amines) is 1. The number of benzene rings is 1. The van der Waals surface area contributed by atoms with Gasteiger partial charge in [-0.2, -0.15) is 0 Å². The molecule has 1 amide bonds. The van der Waals surface area contributed by atoms with E-state index in [4.69, 9.17) is 0 Å². The monoisotopic (exact) mass is 332 g/mol. The van der Waals surface area contributed by atoms with Crippen molar-refractivity contribution in [2.45, 2.75) is 39.7 Å². The lowest BCUT2D eigenvalue weighted by Crippen LogP contribution is -2.44. The van der Waals surface area contributed by atoms with E-state index in [0.29, 0.717) is 18.3 Å². The van der Waals surface area contributed by atoms with Gasteiger partial charge in [0, 0.05) is 13.1 Å². The van der Waals surface area contributed by atoms with E-state index in [0.717, 1.165) is 38.2 Å². The molecule has 4 heteroatoms. The fourth-order valence-electron chi connectivity index (χ4n) is 3.94. The zero-order valence-corrected chi connectivity index (χ0v) is 15.3. The molecule has 0 radical (unpaired) electrons. The summed E-state index contributed by atoms with van der Waals surface area (Å²) >= 11 is 0. The Morgan fingerprint density at radius 3 is 2.42 bits per heavy atom. The minimum atomic E-state index is -0.0493. The molecular weight excluding hydrogens is 300 g/mol. The van der Waals surface area contributed by atoms with Gasteiger partial charge >= 0.3 is 0 Å². The number of aliphatic hydroxyl groups excluding tert-OH is 1. The number of amides is 1. The van der Waals surface area contributed by atoms with Crippen molar-refractivity contribution in [2.24, 2.45) is 11.8 Å². The third kappa shape index (κ3) is 4.37. The van der Waals surface area contributed by atoms with Gasteiger partial charge < -0.3 is 14.9 Å². The van der Waals surface area contributed by atoms with Gasteiger partial charge in [-0.3, -0.25) is 4.79 Å². The first-order valence-electron chi connectivity index (χ1n) is 9.31. The summed E-state index contributed by atoms with van der Waals surface area (Å²) in [5.74, 6) is 0.975. The molecule has 134 valence electrons. The van der Waals surface area contributed by atoms with Crippen LogP contribution in [0.3, 0.4) is 0 Å². The highest BCUT2D eigenvalue weighted by atomic mass is 16.3. The van der Waals surface area contributed by atoms with E-state index in [1.807, 2.05) is 35.2 Å². The van der Waals surface area contributed by atoms with Crippen LogP contribution in [0.15, 0.2) is 30.3 Å². The first-order chi connectivity index (χ1) is 11.6. The van der Waals surface area contributed by atoms with Crippen LogP contribution in [0, 0.1) is 11.8 Å². The van der Waals surface area contributed by atoms with E-state index in [9.17, 15) is 9.90 Å². The number of hydrogen-bond donors (Lipinski definition) is 1. The van der Waals surface area contributed by atoms with Gasteiger partial charge in [-0.1, -0.05) is 57.5 Å². The summed E-state index contributed by atoms with van der Waals surface area (Å²) in [6, 6.07) is 9.83. The third-order valence-corrected chi connectivity index (χ3v) is 5.52. The Kier molecular flexibility index (Phi) is 7.25. The Morgan fingerprint density at radius 1 is 1.21 bits per heavy atom. The molecule has 1 saturated heterocycles. The van der Waals surface area contributed by atoms with Crippen molar-refractivity contribution in [1.82, 2.24) is 9.80 Å². The molecule has 1 aliphatic heterocycles. The van der Waals surface area contributed by atoms with Crippen molar-refractivity contribution in [2.75, 3.05) is 32.8 Å². The number of nitrogens with zero attached hydrogens (tertiary/aromatic N) is 2. The van der Waals surface area contributed by atoms with Crippen molar-refractivity contribution < 1.29 is 9.90 Å². The molecule has 0 aliphatic carbocycles. The molecule has 1 N–H and O–H groups in total. The minimum Gasteiger partial charge on any atom is -0.394 e. The van der Waals surface area contributed by atoms with E-state index >= 15 is 0 Å². The maximum atomic E-state index is 12.8. The van der Waals surface area contributed by atoms with Gasteiger partial charge in [-0.25, -0.2) is 0 Å². The van der Waals surface area contributed by atoms with Crippen LogP contribution < -0.4 is 0 Å². The largest absolute Gasteiger partial charge is 0.394 e. The smallest absolute Gasteiger partial charge is 0.227 e. The molecule has 1 aromatic carbocycles. The average molecular weight is 332 g/mol. The molecule has 24 heavy (non-hydrogen) atoms. The number of carbonyl (C=O) groups excluding carboxylic acids is 1. The summed E-state index contributed by atoms with van der Waals surface area (Å²) in [5, 5.41) is 9.98. The lowest BCUT2D eigenvalue weighted by Gasteiger charge is -2.31. The first-order valence-corrected chi connectivity index (χ1v) is 9.31. The SMILES string of the molecule is CC[C@@H]1CN(C(=O)Cc2ccccc2)[C@H](CO)[C@@H]1CN(CC)CC. The maximum Gasteiger partial charge on any atom is 0.227 e. The fraction of sp³-hybridized carbons (Fsp3) is 0.650. The maximum absolute atomic E-state index is 12.8. The Morgan fingerprint density at radius 2 is 1.88 bits per heavy atom. The topological polar surface area (TPSA) is 43.8 Å². The second kappa shape index (κ2) is 9.19. The normalized spacial score (nSPS) is 23.9. The standard InChI is InChI=1S/C20H32N2O2/c1-4-17-13-22(20(24)12-16-10-8-7-9-11-16)19(15-23)18(17)14-21(5-2)6-3/h7-11,17-19,23H,4-6,12-15H2,1-3H3/t17-,18-,19-/m1/s1. The molecule has 4 nitrogen and oxygen atoms in total. The van der Waals surface area contributed by atoms with Crippen molar-refractivity contribution in [1.29, 1.82) is 0 Å². The molecule has 0 aromatic heterocycles. The number of rotatable bonds is 8. The highest BCUT2D eigenvalue weighted by molar-refractivity contribution is 5.79. The van der Waals surface area contributed by atoms with Gasteiger partial charge in [0.1, 0.15) is 0 Å². The second-order valence-electron chi connectivity index (χ2n) is 6.78. The van der Waals surface area contributed by atoms with Gasteiger partial charge in [0.05, 0.1) is 19.1 Å². The zero-order chi connectivity index (χ0) is 17.5. The molecule has 2 rings (SSSR count). The highest BCUT2D eigenvalue weighted by Gasteiger charge is 2.42. The summed E-state index contributed by atoms with van der Waals surface area (Å²) < 4.78 is 0. The molecule has 0 spiro atoms. The summed E-state index contributed by atoms with van der Waals surface area (Å²) in [7, 11) is 0. The van der Waals surface area contributed by atoms with E-state index in [1.165, 1.54) is 0 Å². The highest BCUT2D eigenvalue weighted by Crippen LogP contribution is 2.33. The summed E-state index contributed by atoms with van der Waals surface area (Å²) in [6.45, 7) is 10.4. The summed E-state index contributed by atoms with van der Waals surface area (Å²) in [4.78, 5) is 17.2. The van der Waals surface area contributed by atoms with Gasteiger partial charge in [0.25, 0.3) is 0 Å². The van der Waals surface area contributed by atoms with E-state index in [1.54, 1.807) is 0 Å². The molecule has 0 saturated carbocycles. The average Bonchev–Trinajstić information content (AvgIpc) is 2.97. The van der Waals surface area contributed by atoms with Crippen LogP contribution in [0.4, 0.5) is 0 Å². The molecule has 1 fully saturated rings. The zero-order valence-electron chi connectivity index (χ0n) is 15.3. The Bertz CT molecular complexity index is 502. The van der Waals surface area contributed by atoms with Gasteiger partial charge in [-0.05, 0) is 30.5 Å². The molecule has 1 heterocycles. The lowest BCUT2D eigenvalue weighted by atomic mass is 9.88. The van der Waals surface area contributed by atoms with Crippen LogP contribution in [-0.2, 0) is 11.2 Å². The van der Waals surface area contributed by atoms with Gasteiger partial charge in [-0.15, -0.1) is 0 Å². The molecule has 0 bridgehead atoms. The molecule has 0 unspecified atom stereocenters. The van der Waals surface area contributed by atoms with E-state index < -0.39 is 0 Å². The minimum absolute atomic E-state index is 0.0493. The van der Waals surface area contributed by atoms with Crippen molar-refractivity contribution >= 4 is 5.91 Å². The summed E-state index contributed by atoms with van der Waals surface area (Å²) in [6.07, 6.45) is 1.48. The van der Waals surface area contributed by atoms with Crippen LogP contribution in [0.5, 0.6) is 0 Å². The number of hydrogen-bond acceptors (Lipinski definition) is 3. The molecule has 1 aliphatic rings. The van der Waals surface area contributed by atoms with Crippen LogP contribution in [0.1, 0.15) is 32.8 Å². The molecule has 1 aromatic rings. The van der Waals surface area contributed by atoms with Crippen molar-refractivity contribution in [3.05, 3.63) is 35.9 Å².